The first-order valence-electron chi connectivity index (χ1n) is 23.7. The highest BCUT2D eigenvalue weighted by molar-refractivity contribution is 5.73. The number of fused-ring (bicyclic) bond motifs is 7. The molecule has 23 atom stereocenters. The number of allylic oxidation sites excluding steroid dienone is 2. The molecule has 8 rings (SSSR count). The second-order valence-electron chi connectivity index (χ2n) is 23.2. The van der Waals surface area contributed by atoms with Gasteiger partial charge in [0.15, 0.2) is 25.0 Å². The lowest BCUT2D eigenvalue weighted by molar-refractivity contribution is -0.386. The first kappa shape index (κ1) is 49.0. The molecule has 4 saturated carbocycles. The van der Waals surface area contributed by atoms with Gasteiger partial charge in [-0.05, 0) is 104 Å². The van der Waals surface area contributed by atoms with Crippen molar-refractivity contribution in [3.63, 3.8) is 0 Å². The number of carbonyl (C=O) groups is 1. The summed E-state index contributed by atoms with van der Waals surface area (Å²) in [7, 11) is 0. The minimum absolute atomic E-state index is 0.0161. The number of aliphatic carboxylic acids is 1. The average molecular weight is 913 g/mol. The lowest BCUT2D eigenvalue weighted by Gasteiger charge is -2.72. The van der Waals surface area contributed by atoms with Gasteiger partial charge in [-0.3, -0.25) is 0 Å². The van der Waals surface area contributed by atoms with E-state index in [1.165, 1.54) is 12.5 Å². The highest BCUT2D eigenvalue weighted by atomic mass is 16.8. The Hall–Kier alpha value is -1.39. The van der Waals surface area contributed by atoms with Crippen LogP contribution in [0.25, 0.3) is 0 Å². The zero-order valence-corrected chi connectivity index (χ0v) is 38.7. The maximum absolute atomic E-state index is 12.4. The fraction of sp³-hybridized carbons (Fsp3) is 0.936. The fourth-order valence-corrected chi connectivity index (χ4v) is 14.8. The predicted octanol–water partition coefficient (Wildman–Crippen LogP) is 1.34. The van der Waals surface area contributed by atoms with Gasteiger partial charge in [0.2, 0.25) is 0 Å². The molecule has 10 N–H and O–H groups in total. The Labute approximate surface area is 376 Å². The summed E-state index contributed by atoms with van der Waals surface area (Å²) in [5.74, 6) is -1.19. The molecule has 3 heterocycles. The zero-order chi connectivity index (χ0) is 46.9. The molecular formula is C47H76O17. The molecule has 5 aliphatic carbocycles. The molecule has 366 valence electrons. The number of hydrogen-bond donors (Lipinski definition) is 10. The Kier molecular flexibility index (Phi) is 13.0. The Morgan fingerprint density at radius 2 is 1.39 bits per heavy atom. The van der Waals surface area contributed by atoms with Crippen LogP contribution in [0.5, 0.6) is 0 Å². The Morgan fingerprint density at radius 1 is 0.719 bits per heavy atom. The number of rotatable bonds is 8. The van der Waals surface area contributed by atoms with Crippen LogP contribution in [0.15, 0.2) is 11.6 Å². The summed E-state index contributed by atoms with van der Waals surface area (Å²) in [6.07, 6.45) is -14.5. The minimum Gasteiger partial charge on any atom is -0.479 e. The molecule has 8 aliphatic rings. The van der Waals surface area contributed by atoms with Crippen LogP contribution >= 0.6 is 0 Å². The monoisotopic (exact) mass is 913 g/mol. The van der Waals surface area contributed by atoms with E-state index in [-0.39, 0.29) is 52.1 Å². The third-order valence-electron chi connectivity index (χ3n) is 19.0. The summed E-state index contributed by atoms with van der Waals surface area (Å²) in [4.78, 5) is 12.4. The Bertz CT molecular complexity index is 1760. The molecule has 0 aromatic rings. The molecule has 3 saturated heterocycles. The molecule has 3 aliphatic heterocycles. The molecule has 0 amide bonds. The number of carboxylic acid groups (broad SMARTS) is 1. The molecule has 0 aromatic heterocycles. The van der Waals surface area contributed by atoms with Crippen molar-refractivity contribution in [3.8, 4) is 0 Å². The van der Waals surface area contributed by atoms with Gasteiger partial charge in [0.1, 0.15) is 54.9 Å². The van der Waals surface area contributed by atoms with Crippen LogP contribution in [-0.2, 0) is 33.2 Å². The summed E-state index contributed by atoms with van der Waals surface area (Å²) in [6, 6.07) is 0. The van der Waals surface area contributed by atoms with Gasteiger partial charge >= 0.3 is 5.97 Å². The molecule has 3 unspecified atom stereocenters. The smallest absolute Gasteiger partial charge is 0.335 e. The van der Waals surface area contributed by atoms with Gasteiger partial charge in [-0.25, -0.2) is 4.79 Å². The van der Waals surface area contributed by atoms with E-state index in [4.69, 9.17) is 28.4 Å². The molecule has 7 fully saturated rings. The fourth-order valence-electron chi connectivity index (χ4n) is 14.8. The number of ether oxygens (including phenoxy) is 6. The largest absolute Gasteiger partial charge is 0.479 e. The molecule has 17 nitrogen and oxygen atoms in total. The van der Waals surface area contributed by atoms with Crippen LogP contribution in [0.1, 0.15) is 113 Å². The topological polar surface area (TPSA) is 275 Å². The van der Waals surface area contributed by atoms with E-state index in [1.807, 2.05) is 0 Å². The van der Waals surface area contributed by atoms with Gasteiger partial charge in [-0.15, -0.1) is 0 Å². The third kappa shape index (κ3) is 7.49. The quantitative estimate of drug-likeness (QED) is 0.122. The maximum Gasteiger partial charge on any atom is 0.335 e. The van der Waals surface area contributed by atoms with Crippen molar-refractivity contribution >= 4 is 5.97 Å². The summed E-state index contributed by atoms with van der Waals surface area (Å²) in [5.41, 5.74) is -0.0886. The molecule has 0 bridgehead atoms. The normalized spacial score (nSPS) is 54.6. The first-order chi connectivity index (χ1) is 29.8. The van der Waals surface area contributed by atoms with Crippen molar-refractivity contribution in [2.75, 3.05) is 13.2 Å². The second kappa shape index (κ2) is 16.9. The van der Waals surface area contributed by atoms with Crippen LogP contribution in [-0.4, -0.2) is 168 Å². The van der Waals surface area contributed by atoms with Crippen molar-refractivity contribution < 1.29 is 84.3 Å². The molecular weight excluding hydrogens is 837 g/mol. The van der Waals surface area contributed by atoms with Crippen LogP contribution in [0.4, 0.5) is 0 Å². The highest BCUT2D eigenvalue weighted by Crippen LogP contribution is 2.76. The highest BCUT2D eigenvalue weighted by Gasteiger charge is 2.70. The summed E-state index contributed by atoms with van der Waals surface area (Å²) in [6.45, 7) is 16.8. The molecule has 17 heteroatoms. The van der Waals surface area contributed by atoms with Crippen molar-refractivity contribution in [2.24, 2.45) is 50.2 Å². The van der Waals surface area contributed by atoms with E-state index in [9.17, 15) is 55.9 Å². The van der Waals surface area contributed by atoms with Gasteiger partial charge in [-0.1, -0.05) is 60.1 Å². The lowest BCUT2D eigenvalue weighted by atomic mass is 9.33. The number of aliphatic hydroxyl groups is 9. The predicted molar refractivity (Wildman–Crippen MR) is 225 cm³/mol. The van der Waals surface area contributed by atoms with Gasteiger partial charge < -0.3 is 79.5 Å². The molecule has 0 spiro atoms. The van der Waals surface area contributed by atoms with Crippen molar-refractivity contribution in [1.82, 2.24) is 0 Å². The van der Waals surface area contributed by atoms with E-state index in [0.717, 1.165) is 44.9 Å². The molecule has 64 heavy (non-hydrogen) atoms. The zero-order valence-electron chi connectivity index (χ0n) is 38.7. The Morgan fingerprint density at radius 3 is 2.06 bits per heavy atom. The molecule has 0 aromatic carbocycles. The van der Waals surface area contributed by atoms with Crippen molar-refractivity contribution in [2.45, 2.75) is 211 Å². The SMILES string of the molecule is C[C@@H]1O[C@@H](O[C@H]2[C@H](O[C@H]3[C@H](O[C@H]4CC[C@@]5(CO)C(CC[C@]6(C)C5CC=C5C7CC(C)(C)C[C@@H](O)[C@]7(C)CC[C@]56C)C4(C)C)O[C@H](C(=O)O)[C@@H](O)[C@@H]3O)OC[C@@H](O)[C@@H]2O)[C@H](O)[C@H](O)[C@H]1O. The number of carboxylic acids is 1. The lowest BCUT2D eigenvalue weighted by Crippen LogP contribution is -2.68. The van der Waals surface area contributed by atoms with E-state index in [1.54, 1.807) is 0 Å². The van der Waals surface area contributed by atoms with Gasteiger partial charge in [0, 0.05) is 17.4 Å². The first-order valence-corrected chi connectivity index (χ1v) is 23.7. The summed E-state index contributed by atoms with van der Waals surface area (Å²) < 4.78 is 36.1. The third-order valence-corrected chi connectivity index (χ3v) is 19.0. The van der Waals surface area contributed by atoms with Crippen molar-refractivity contribution in [1.29, 1.82) is 0 Å². The van der Waals surface area contributed by atoms with Crippen molar-refractivity contribution in [3.05, 3.63) is 11.6 Å². The second-order valence-corrected chi connectivity index (χ2v) is 23.2. The molecule has 0 radical (unpaired) electrons. The Balaban J connectivity index is 1.06. The van der Waals surface area contributed by atoms with Gasteiger partial charge in [-0.2, -0.15) is 0 Å². The van der Waals surface area contributed by atoms with Crippen LogP contribution in [0, 0.1) is 50.2 Å². The van der Waals surface area contributed by atoms with Gasteiger partial charge in [0.25, 0.3) is 0 Å². The average Bonchev–Trinajstić information content (AvgIpc) is 3.22. The van der Waals surface area contributed by atoms with E-state index >= 15 is 0 Å². The summed E-state index contributed by atoms with van der Waals surface area (Å²) >= 11 is 0. The maximum atomic E-state index is 12.4. The van der Waals surface area contributed by atoms with E-state index < -0.39 is 116 Å². The minimum atomic E-state index is -1.99. The standard InChI is InChI=1S/C47H76O17/c1-21-29(51)31(53)34(56)39(60-21)63-36-30(52)24(49)19-59-40(36)64-37-33(55)32(54)35(38(57)58)62-41(37)61-28-12-14-47(20-48)25(43(28,4)5)11-13-46(8)26(47)10-9-22-23-17-42(2,3)18-27(50)44(23,6)15-16-45(22,46)7/h9,21,23-37,39-41,48-56H,10-20H2,1-8H3,(H,57,58)/t21-,23?,24+,25?,26?,27+,28-,29-,30-,31+,32-,33-,34+,35-,36+,37+,39-,40-,41+,44+,45+,46+,47+/m0/s1. The van der Waals surface area contributed by atoms with Crippen LogP contribution in [0.2, 0.25) is 0 Å². The van der Waals surface area contributed by atoms with E-state index in [0.29, 0.717) is 12.8 Å². The van der Waals surface area contributed by atoms with Crippen LogP contribution in [0.3, 0.4) is 0 Å². The van der Waals surface area contributed by atoms with E-state index in [2.05, 4.69) is 54.5 Å². The van der Waals surface area contributed by atoms with Crippen LogP contribution < -0.4 is 0 Å². The number of hydrogen-bond acceptors (Lipinski definition) is 16. The number of aliphatic hydroxyl groups excluding tert-OH is 9. The van der Waals surface area contributed by atoms with Gasteiger partial charge in [0.05, 0.1) is 24.9 Å². The summed E-state index contributed by atoms with van der Waals surface area (Å²) in [5, 5.41) is 109.